The van der Waals surface area contributed by atoms with Crippen molar-refractivity contribution in [1.29, 1.82) is 0 Å². The van der Waals surface area contributed by atoms with Gasteiger partial charge in [0, 0.05) is 19.1 Å². The molecule has 0 fully saturated rings. The molecule has 0 saturated heterocycles. The Labute approximate surface area is 129 Å². The average Bonchev–Trinajstić information content (AvgIpc) is 2.49. The van der Waals surface area contributed by atoms with Crippen molar-refractivity contribution in [2.75, 3.05) is 26.4 Å². The van der Waals surface area contributed by atoms with Gasteiger partial charge >= 0.3 is 5.97 Å². The maximum absolute atomic E-state index is 11.1. The lowest BCUT2D eigenvalue weighted by Gasteiger charge is -2.10. The van der Waals surface area contributed by atoms with Crippen LogP contribution < -0.4 is 4.74 Å². The first kappa shape index (κ1) is 18.1. The monoisotopic (exact) mass is 330 g/mol. The topological polar surface area (TPSA) is 99.1 Å². The van der Waals surface area contributed by atoms with Crippen LogP contribution in [0.25, 0.3) is 0 Å². The van der Waals surface area contributed by atoms with E-state index in [1.807, 2.05) is 0 Å². The molecule has 0 spiro atoms. The molecule has 8 heteroatoms. The zero-order valence-electron chi connectivity index (χ0n) is 11.9. The fraction of sp³-hybridized carbons (Fsp3) is 0.357. The second kappa shape index (κ2) is 9.19. The molecule has 7 nitrogen and oxygen atoms in total. The van der Waals surface area contributed by atoms with Gasteiger partial charge in [0.25, 0.3) is 10.1 Å². The smallest absolute Gasteiger partial charge is 0.330 e. The summed E-state index contributed by atoms with van der Waals surface area (Å²) < 4.78 is 46.6. The highest BCUT2D eigenvalue weighted by Crippen LogP contribution is 2.22. The largest absolute Gasteiger partial charge is 0.490 e. The molecule has 0 radical (unpaired) electrons. The van der Waals surface area contributed by atoms with E-state index >= 15 is 0 Å². The molecule has 1 rings (SSSR count). The molecule has 0 atom stereocenters. The number of hydrogen-bond donors (Lipinski definition) is 1. The van der Waals surface area contributed by atoms with Crippen molar-refractivity contribution in [1.82, 2.24) is 0 Å². The van der Waals surface area contributed by atoms with Crippen LogP contribution in [0.2, 0.25) is 0 Å². The number of esters is 1. The van der Waals surface area contributed by atoms with Gasteiger partial charge in [-0.05, 0) is 12.1 Å². The Hall–Kier alpha value is -1.90. The first-order valence-corrected chi connectivity index (χ1v) is 7.95. The van der Waals surface area contributed by atoms with E-state index in [0.717, 1.165) is 6.08 Å². The molecule has 1 aromatic rings. The average molecular weight is 330 g/mol. The number of carbonyl (C=O) groups is 1. The molecule has 0 aliphatic carbocycles. The van der Waals surface area contributed by atoms with E-state index in [-0.39, 0.29) is 30.5 Å². The Kier molecular flexibility index (Phi) is 7.58. The molecule has 0 saturated carbocycles. The van der Waals surface area contributed by atoms with Gasteiger partial charge in [-0.3, -0.25) is 4.55 Å². The van der Waals surface area contributed by atoms with E-state index in [1.165, 1.54) is 18.2 Å². The van der Waals surface area contributed by atoms with Gasteiger partial charge in [0.1, 0.15) is 17.3 Å². The zero-order valence-corrected chi connectivity index (χ0v) is 12.8. The minimum atomic E-state index is -4.32. The first-order valence-electron chi connectivity index (χ1n) is 6.51. The van der Waals surface area contributed by atoms with Crippen LogP contribution in [0.1, 0.15) is 6.42 Å². The molecule has 0 aliphatic rings. The van der Waals surface area contributed by atoms with Crippen LogP contribution >= 0.6 is 0 Å². The predicted molar refractivity (Wildman–Crippen MR) is 78.3 cm³/mol. The van der Waals surface area contributed by atoms with Crippen LogP contribution in [0.5, 0.6) is 5.75 Å². The molecule has 1 N–H and O–H groups in total. The summed E-state index contributed by atoms with van der Waals surface area (Å²) in [6.45, 7) is 4.23. The van der Waals surface area contributed by atoms with Gasteiger partial charge in [-0.25, -0.2) is 4.79 Å². The number of para-hydroxylation sites is 1. The third kappa shape index (κ3) is 6.70. The zero-order chi connectivity index (χ0) is 16.4. The molecular weight excluding hydrogens is 312 g/mol. The van der Waals surface area contributed by atoms with Gasteiger partial charge in [-0.1, -0.05) is 18.7 Å². The molecular formula is C14H18O7S. The number of carbonyl (C=O) groups excluding carboxylic acids is 1. The van der Waals surface area contributed by atoms with Gasteiger partial charge in [-0.15, -0.1) is 0 Å². The summed E-state index contributed by atoms with van der Waals surface area (Å²) in [5, 5.41) is 0. The maximum atomic E-state index is 11.1. The van der Waals surface area contributed by atoms with Gasteiger partial charge in [0.15, 0.2) is 0 Å². The molecule has 22 heavy (non-hydrogen) atoms. The van der Waals surface area contributed by atoms with Crippen molar-refractivity contribution in [2.24, 2.45) is 0 Å². The van der Waals surface area contributed by atoms with E-state index in [0.29, 0.717) is 13.0 Å². The molecule has 0 amide bonds. The van der Waals surface area contributed by atoms with Crippen molar-refractivity contribution in [3.8, 4) is 5.75 Å². The van der Waals surface area contributed by atoms with E-state index in [4.69, 9.17) is 18.8 Å². The second-order valence-corrected chi connectivity index (χ2v) is 5.50. The van der Waals surface area contributed by atoms with Gasteiger partial charge < -0.3 is 14.2 Å². The Morgan fingerprint density at radius 2 is 1.91 bits per heavy atom. The quantitative estimate of drug-likeness (QED) is 0.300. The number of rotatable bonds is 10. The van der Waals surface area contributed by atoms with Crippen LogP contribution in [0.3, 0.4) is 0 Å². The lowest BCUT2D eigenvalue weighted by Crippen LogP contribution is -2.11. The van der Waals surface area contributed by atoms with Crippen molar-refractivity contribution in [3.63, 3.8) is 0 Å². The van der Waals surface area contributed by atoms with E-state index in [1.54, 1.807) is 6.07 Å². The standard InChI is InChI=1S/C14H18O7S/c1-2-14(15)21-9-5-8-19-10-11-20-12-6-3-4-7-13(12)22(16,17)18/h2-4,6-7H,1,5,8-11H2,(H,16,17,18). The van der Waals surface area contributed by atoms with Crippen LogP contribution in [0.4, 0.5) is 0 Å². The lowest BCUT2D eigenvalue weighted by molar-refractivity contribution is -0.138. The number of ether oxygens (including phenoxy) is 3. The van der Waals surface area contributed by atoms with Crippen molar-refractivity contribution in [2.45, 2.75) is 11.3 Å². The summed E-state index contributed by atoms with van der Waals surface area (Å²) in [5.74, 6) is -0.418. The first-order chi connectivity index (χ1) is 10.4. The number of benzene rings is 1. The fourth-order valence-electron chi connectivity index (χ4n) is 1.49. The summed E-state index contributed by atoms with van der Waals surface area (Å²) >= 11 is 0. The highest BCUT2D eigenvalue weighted by atomic mass is 32.2. The summed E-state index contributed by atoms with van der Waals surface area (Å²) in [6, 6.07) is 5.77. The minimum Gasteiger partial charge on any atom is -0.490 e. The summed E-state index contributed by atoms with van der Waals surface area (Å²) in [7, 11) is -4.32. The van der Waals surface area contributed by atoms with Crippen LogP contribution in [0.15, 0.2) is 41.8 Å². The summed E-state index contributed by atoms with van der Waals surface area (Å²) in [4.78, 5) is 10.5. The lowest BCUT2D eigenvalue weighted by atomic mass is 10.3. The fourth-order valence-corrected chi connectivity index (χ4v) is 2.12. The third-order valence-electron chi connectivity index (χ3n) is 2.46. The minimum absolute atomic E-state index is 0.0634. The highest BCUT2D eigenvalue weighted by molar-refractivity contribution is 7.86. The van der Waals surface area contributed by atoms with Crippen LogP contribution in [-0.2, 0) is 24.4 Å². The van der Waals surface area contributed by atoms with Gasteiger partial charge in [0.05, 0.1) is 13.2 Å². The Morgan fingerprint density at radius 3 is 2.59 bits per heavy atom. The van der Waals surface area contributed by atoms with E-state index in [2.05, 4.69) is 6.58 Å². The Bertz CT molecular complexity index is 595. The van der Waals surface area contributed by atoms with Crippen molar-refractivity contribution < 1.29 is 32.0 Å². The Morgan fingerprint density at radius 1 is 1.18 bits per heavy atom. The SMILES string of the molecule is C=CC(=O)OCCCOCCOc1ccccc1S(=O)(=O)O. The molecule has 1 aromatic carbocycles. The van der Waals surface area contributed by atoms with Crippen molar-refractivity contribution in [3.05, 3.63) is 36.9 Å². The maximum Gasteiger partial charge on any atom is 0.330 e. The summed E-state index contributed by atoms with van der Waals surface area (Å²) in [6.07, 6.45) is 1.61. The van der Waals surface area contributed by atoms with E-state index in [9.17, 15) is 13.2 Å². The van der Waals surface area contributed by atoms with E-state index < -0.39 is 16.1 Å². The molecule has 0 aliphatic heterocycles. The summed E-state index contributed by atoms with van der Waals surface area (Å²) in [5.41, 5.74) is 0. The highest BCUT2D eigenvalue weighted by Gasteiger charge is 2.15. The van der Waals surface area contributed by atoms with Gasteiger partial charge in [-0.2, -0.15) is 8.42 Å². The molecule has 0 heterocycles. The molecule has 122 valence electrons. The van der Waals surface area contributed by atoms with Gasteiger partial charge in [0.2, 0.25) is 0 Å². The number of hydrogen-bond acceptors (Lipinski definition) is 6. The molecule has 0 aromatic heterocycles. The molecule has 0 unspecified atom stereocenters. The normalized spacial score (nSPS) is 11.0. The van der Waals surface area contributed by atoms with Crippen LogP contribution in [0, 0.1) is 0 Å². The third-order valence-corrected chi connectivity index (χ3v) is 3.35. The van der Waals surface area contributed by atoms with Crippen molar-refractivity contribution >= 4 is 16.1 Å². The van der Waals surface area contributed by atoms with Crippen LogP contribution in [-0.4, -0.2) is 45.4 Å². The predicted octanol–water partition coefficient (Wildman–Crippen LogP) is 1.45. The molecule has 0 bridgehead atoms. The Balaban J connectivity index is 2.23. The second-order valence-electron chi connectivity index (χ2n) is 4.11.